The second-order valence-corrected chi connectivity index (χ2v) is 15.6. The van der Waals surface area contributed by atoms with E-state index in [-0.39, 0.29) is 34.4 Å². The third-order valence-corrected chi connectivity index (χ3v) is 12.9. The first-order valence-electron chi connectivity index (χ1n) is 16.3. The number of hydrogen-bond donors (Lipinski definition) is 1. The minimum Gasteiger partial charge on any atom is -0.396 e. The molecule has 3 aliphatic rings. The Morgan fingerprint density at radius 2 is 1.76 bits per heavy atom. The number of nitrogens with zero attached hydrogens (tertiary/aromatic N) is 3. The summed E-state index contributed by atoms with van der Waals surface area (Å²) in [6.07, 6.45) is 7.25. The molecule has 2 aromatic rings. The number of rotatable bonds is 15. The van der Waals surface area contributed by atoms with Crippen molar-refractivity contribution in [1.29, 1.82) is 0 Å². The van der Waals surface area contributed by atoms with Gasteiger partial charge in [0.15, 0.2) is 0 Å². The van der Waals surface area contributed by atoms with Crippen molar-refractivity contribution in [3.63, 3.8) is 0 Å². The van der Waals surface area contributed by atoms with Crippen molar-refractivity contribution in [2.24, 2.45) is 11.8 Å². The Morgan fingerprint density at radius 3 is 2.46 bits per heavy atom. The fourth-order valence-corrected chi connectivity index (χ4v) is 11.3. The van der Waals surface area contributed by atoms with Crippen LogP contribution in [0.1, 0.15) is 48.8 Å². The van der Waals surface area contributed by atoms with Crippen LogP contribution in [0, 0.1) is 25.7 Å². The maximum absolute atomic E-state index is 15.0. The quantitative estimate of drug-likeness (QED) is 0.138. The van der Waals surface area contributed by atoms with Crippen LogP contribution in [0.3, 0.4) is 0 Å². The number of aryl methyl sites for hydroxylation is 2. The zero-order valence-corrected chi connectivity index (χ0v) is 29.3. The second-order valence-electron chi connectivity index (χ2n) is 12.9. The van der Waals surface area contributed by atoms with E-state index >= 15 is 0 Å². The van der Waals surface area contributed by atoms with Gasteiger partial charge in [-0.1, -0.05) is 83.4 Å². The van der Waals surface area contributed by atoms with Gasteiger partial charge in [0.25, 0.3) is 5.91 Å². The third kappa shape index (κ3) is 6.47. The van der Waals surface area contributed by atoms with E-state index < -0.39 is 22.6 Å². The summed E-state index contributed by atoms with van der Waals surface area (Å²) in [7, 11) is 0. The smallest absolute Gasteiger partial charge is 0.251 e. The number of halogens is 1. The number of carbonyl (C=O) groups excluding carboxylic acids is 3. The molecular formula is C37H46BrN3O4S. The Hall–Kier alpha value is -2.88. The maximum atomic E-state index is 15.0. The van der Waals surface area contributed by atoms with Gasteiger partial charge in [0.05, 0.1) is 16.6 Å². The van der Waals surface area contributed by atoms with Crippen LogP contribution in [-0.4, -0.2) is 79.7 Å². The van der Waals surface area contributed by atoms with E-state index in [1.807, 2.05) is 67.3 Å². The van der Waals surface area contributed by atoms with Crippen molar-refractivity contribution in [3.05, 3.63) is 90.5 Å². The largest absolute Gasteiger partial charge is 0.396 e. The summed E-state index contributed by atoms with van der Waals surface area (Å²) in [5, 5.41) is 9.16. The summed E-state index contributed by atoms with van der Waals surface area (Å²) < 4.78 is -0.734. The first kappa shape index (κ1) is 34.5. The van der Waals surface area contributed by atoms with E-state index in [1.54, 1.807) is 33.7 Å². The molecule has 3 unspecified atom stereocenters. The minimum absolute atomic E-state index is 0.00818. The Balaban J connectivity index is 1.54. The lowest BCUT2D eigenvalue weighted by Gasteiger charge is -2.38. The van der Waals surface area contributed by atoms with Crippen LogP contribution in [-0.2, 0) is 20.9 Å². The molecule has 3 heterocycles. The van der Waals surface area contributed by atoms with Crippen molar-refractivity contribution < 1.29 is 19.5 Å². The van der Waals surface area contributed by atoms with Crippen LogP contribution >= 0.6 is 27.7 Å². The number of alkyl halides is 1. The van der Waals surface area contributed by atoms with Gasteiger partial charge in [0, 0.05) is 48.6 Å². The summed E-state index contributed by atoms with van der Waals surface area (Å²) >= 11 is 5.59. The van der Waals surface area contributed by atoms with Crippen molar-refractivity contribution in [2.75, 3.05) is 31.1 Å². The van der Waals surface area contributed by atoms with E-state index in [9.17, 15) is 19.5 Å². The molecule has 9 heteroatoms. The standard InChI is InChI=1S/C37H46BrN3O4S/c1-5-18-39(24-27-14-10-9-11-15-27)34(43)30-31-35(44)41(20-12-7-8-13-21-42)33(37(31)23-28(38)32(30)46-37)36(45)40(19-6-2)29-22-25(3)16-17-26(29)4/h5-6,9-11,14-17,22,28,30-33,42H,1-2,7-8,12-13,18-21,23-24H2,3-4H3/t28?,30-,31+,32-,33?,37?/m1/s1. The van der Waals surface area contributed by atoms with Crippen LogP contribution in [0.4, 0.5) is 5.69 Å². The number of likely N-dealkylation sites (tertiary alicyclic amines) is 1. The number of hydrogen-bond acceptors (Lipinski definition) is 5. The van der Waals surface area contributed by atoms with Crippen LogP contribution in [0.2, 0.25) is 0 Å². The molecule has 46 heavy (non-hydrogen) atoms. The summed E-state index contributed by atoms with van der Waals surface area (Å²) in [6.45, 7) is 13.6. The molecule has 2 aromatic carbocycles. The maximum Gasteiger partial charge on any atom is 0.251 e. The topological polar surface area (TPSA) is 81.2 Å². The number of benzene rings is 2. The third-order valence-electron chi connectivity index (χ3n) is 9.73. The molecule has 3 fully saturated rings. The fraction of sp³-hybridized carbons (Fsp3) is 0.486. The summed E-state index contributed by atoms with van der Waals surface area (Å²) in [4.78, 5) is 49.6. The van der Waals surface area contributed by atoms with Gasteiger partial charge in [0.2, 0.25) is 11.8 Å². The van der Waals surface area contributed by atoms with E-state index in [0.29, 0.717) is 39.0 Å². The number of anilines is 1. The van der Waals surface area contributed by atoms with Gasteiger partial charge in [-0.05, 0) is 55.9 Å². The predicted octanol–water partition coefficient (Wildman–Crippen LogP) is 6.05. The molecule has 3 saturated heterocycles. The lowest BCUT2D eigenvalue weighted by Crippen LogP contribution is -2.56. The average Bonchev–Trinajstić information content (AvgIpc) is 3.64. The Bertz CT molecular complexity index is 1450. The van der Waals surface area contributed by atoms with Crippen LogP contribution in [0.5, 0.6) is 0 Å². The summed E-state index contributed by atoms with van der Waals surface area (Å²) in [6, 6.07) is 15.3. The van der Waals surface area contributed by atoms with E-state index in [2.05, 4.69) is 29.1 Å². The zero-order chi connectivity index (χ0) is 33.0. The Labute approximate surface area is 286 Å². The minimum atomic E-state index is -0.734. The highest BCUT2D eigenvalue weighted by Crippen LogP contribution is 2.68. The summed E-state index contributed by atoms with van der Waals surface area (Å²) in [5.41, 5.74) is 3.86. The second kappa shape index (κ2) is 14.9. The lowest BCUT2D eigenvalue weighted by molar-refractivity contribution is -0.144. The number of carbonyl (C=O) groups is 3. The van der Waals surface area contributed by atoms with Gasteiger partial charge in [0.1, 0.15) is 6.04 Å². The number of aliphatic hydroxyl groups excluding tert-OH is 1. The SMILES string of the molecule is C=CCN(Cc1ccccc1)C(=O)[C@H]1[C@@H]2SC3(CC2Br)C(C(=O)N(CC=C)c2cc(C)ccc2C)N(CCCCCCO)C(=O)[C@H]13. The van der Waals surface area contributed by atoms with E-state index in [0.717, 1.165) is 41.6 Å². The molecule has 3 amide bonds. The molecule has 0 radical (unpaired) electrons. The molecule has 0 aliphatic carbocycles. The molecule has 7 nitrogen and oxygen atoms in total. The van der Waals surface area contributed by atoms with Gasteiger partial charge >= 0.3 is 0 Å². The molecule has 1 N–H and O–H groups in total. The summed E-state index contributed by atoms with van der Waals surface area (Å²) in [5.74, 6) is -1.41. The van der Waals surface area contributed by atoms with Gasteiger partial charge in [-0.3, -0.25) is 14.4 Å². The number of fused-ring (bicyclic) bond motifs is 1. The number of amides is 3. The monoisotopic (exact) mass is 707 g/mol. The molecule has 2 bridgehead atoms. The van der Waals surface area contributed by atoms with Crippen LogP contribution < -0.4 is 4.90 Å². The van der Waals surface area contributed by atoms with Gasteiger partial charge in [-0.15, -0.1) is 24.9 Å². The highest BCUT2D eigenvalue weighted by molar-refractivity contribution is 9.09. The van der Waals surface area contributed by atoms with E-state index in [1.165, 1.54) is 0 Å². The van der Waals surface area contributed by atoms with Gasteiger partial charge in [-0.25, -0.2) is 0 Å². The molecule has 5 rings (SSSR count). The number of thioether (sulfide) groups is 1. The predicted molar refractivity (Wildman–Crippen MR) is 190 cm³/mol. The Morgan fingerprint density at radius 1 is 1.04 bits per heavy atom. The normalized spacial score (nSPS) is 26.2. The molecule has 0 aromatic heterocycles. The van der Waals surface area contributed by atoms with Crippen LogP contribution in [0.15, 0.2) is 73.8 Å². The van der Waals surface area contributed by atoms with E-state index in [4.69, 9.17) is 0 Å². The lowest BCUT2D eigenvalue weighted by atomic mass is 9.70. The van der Waals surface area contributed by atoms with Crippen molar-refractivity contribution in [3.8, 4) is 0 Å². The van der Waals surface area contributed by atoms with Crippen molar-refractivity contribution in [1.82, 2.24) is 9.80 Å². The van der Waals surface area contributed by atoms with Crippen LogP contribution in [0.25, 0.3) is 0 Å². The molecule has 6 atom stereocenters. The number of unbranched alkanes of at least 4 members (excludes halogenated alkanes) is 3. The van der Waals surface area contributed by atoms with Crippen molar-refractivity contribution >= 4 is 51.1 Å². The molecule has 246 valence electrons. The molecular weight excluding hydrogens is 662 g/mol. The highest BCUT2D eigenvalue weighted by Gasteiger charge is 2.76. The zero-order valence-electron chi connectivity index (χ0n) is 26.9. The molecule has 0 saturated carbocycles. The first-order valence-corrected chi connectivity index (χ1v) is 18.1. The highest BCUT2D eigenvalue weighted by atomic mass is 79.9. The molecule has 3 aliphatic heterocycles. The Kier molecular flexibility index (Phi) is 11.2. The van der Waals surface area contributed by atoms with Gasteiger partial charge in [-0.2, -0.15) is 0 Å². The fourth-order valence-electron chi connectivity index (χ4n) is 7.68. The first-order chi connectivity index (χ1) is 22.2. The van der Waals surface area contributed by atoms with Gasteiger partial charge < -0.3 is 19.8 Å². The number of aliphatic hydroxyl groups is 1. The average molecular weight is 709 g/mol. The molecule has 1 spiro atoms. The van der Waals surface area contributed by atoms with Crippen molar-refractivity contribution in [2.45, 2.75) is 73.4 Å².